The van der Waals surface area contributed by atoms with Gasteiger partial charge in [-0.05, 0) is 50.2 Å². The number of fused-ring (bicyclic) bond motifs is 1. The van der Waals surface area contributed by atoms with Crippen LogP contribution in [0.5, 0.6) is 0 Å². The van der Waals surface area contributed by atoms with Crippen LogP contribution >= 0.6 is 34.3 Å². The highest BCUT2D eigenvalue weighted by Crippen LogP contribution is 2.30. The maximum Gasteiger partial charge on any atom is 0.272 e. The van der Waals surface area contributed by atoms with Crippen molar-refractivity contribution >= 4 is 56.8 Å². The molecule has 7 heteroatoms. The summed E-state index contributed by atoms with van der Waals surface area (Å²) >= 11 is 9.05. The fraction of sp³-hybridized carbons (Fsp3) is 0.0952. The first-order valence-corrected chi connectivity index (χ1v) is 10.6. The number of para-hydroxylation sites is 1. The number of hydrazone groups is 1. The number of nitrogens with zero attached hydrogens (tertiary/aromatic N) is 2. The molecule has 0 saturated heterocycles. The lowest BCUT2D eigenvalue weighted by Crippen LogP contribution is -2.19. The molecule has 0 spiro atoms. The van der Waals surface area contributed by atoms with E-state index in [9.17, 15) is 4.79 Å². The summed E-state index contributed by atoms with van der Waals surface area (Å²) < 4.78 is 0.687. The minimum atomic E-state index is -0.268. The second kappa shape index (κ2) is 7.83. The van der Waals surface area contributed by atoms with Crippen molar-refractivity contribution in [3.05, 3.63) is 74.3 Å². The second-order valence-electron chi connectivity index (χ2n) is 6.22. The maximum atomic E-state index is 12.9. The topological polar surface area (TPSA) is 54.4 Å². The molecule has 0 aliphatic rings. The van der Waals surface area contributed by atoms with E-state index in [1.165, 1.54) is 16.2 Å². The summed E-state index contributed by atoms with van der Waals surface area (Å²) in [4.78, 5) is 20.8. The Balaban J connectivity index is 1.71. The van der Waals surface area contributed by atoms with Gasteiger partial charge < -0.3 is 0 Å². The average molecular weight is 426 g/mol. The monoisotopic (exact) mass is 425 g/mol. The van der Waals surface area contributed by atoms with Crippen LogP contribution in [-0.4, -0.2) is 16.6 Å². The summed E-state index contributed by atoms with van der Waals surface area (Å²) in [5.74, 6) is -0.268. The van der Waals surface area contributed by atoms with Gasteiger partial charge in [0.15, 0.2) is 0 Å². The van der Waals surface area contributed by atoms with Crippen molar-refractivity contribution in [2.75, 3.05) is 0 Å². The van der Waals surface area contributed by atoms with Crippen molar-refractivity contribution in [3.63, 3.8) is 0 Å². The van der Waals surface area contributed by atoms with Crippen LogP contribution in [0.2, 0.25) is 4.34 Å². The SMILES string of the molecule is C/C(=N/NC(=O)c1cc(-c2ccc(C)s2)nc2ccccc12)c1ccc(Cl)s1. The lowest BCUT2D eigenvalue weighted by atomic mass is 10.1. The fourth-order valence-electron chi connectivity index (χ4n) is 2.82. The third-order valence-electron chi connectivity index (χ3n) is 4.21. The Morgan fingerprint density at radius 3 is 2.64 bits per heavy atom. The number of amides is 1. The van der Waals surface area contributed by atoms with Gasteiger partial charge in [-0.2, -0.15) is 5.10 Å². The molecular weight excluding hydrogens is 410 g/mol. The molecular formula is C21H16ClN3OS2. The van der Waals surface area contributed by atoms with Crippen molar-refractivity contribution in [2.45, 2.75) is 13.8 Å². The maximum absolute atomic E-state index is 12.9. The lowest BCUT2D eigenvalue weighted by molar-refractivity contribution is 0.0956. The van der Waals surface area contributed by atoms with Gasteiger partial charge >= 0.3 is 0 Å². The summed E-state index contributed by atoms with van der Waals surface area (Å²) in [6.45, 7) is 3.89. The molecule has 4 rings (SSSR count). The van der Waals surface area contributed by atoms with Crippen LogP contribution < -0.4 is 5.43 Å². The largest absolute Gasteiger partial charge is 0.272 e. The number of hydrogen-bond acceptors (Lipinski definition) is 5. The highest BCUT2D eigenvalue weighted by atomic mass is 35.5. The van der Waals surface area contributed by atoms with E-state index in [2.05, 4.69) is 23.5 Å². The molecule has 0 aliphatic carbocycles. The van der Waals surface area contributed by atoms with E-state index in [4.69, 9.17) is 16.6 Å². The number of benzene rings is 1. The molecule has 1 N–H and O–H groups in total. The Morgan fingerprint density at radius 1 is 1.11 bits per heavy atom. The Kier molecular flexibility index (Phi) is 5.26. The van der Waals surface area contributed by atoms with Gasteiger partial charge in [0.2, 0.25) is 0 Å². The van der Waals surface area contributed by atoms with Crippen molar-refractivity contribution < 1.29 is 4.79 Å². The van der Waals surface area contributed by atoms with Crippen molar-refractivity contribution in [1.29, 1.82) is 0 Å². The number of halogens is 1. The number of rotatable bonds is 4. The average Bonchev–Trinajstić information content (AvgIpc) is 3.33. The summed E-state index contributed by atoms with van der Waals surface area (Å²) in [5, 5.41) is 5.04. The Bertz CT molecular complexity index is 1210. The molecule has 1 amide bonds. The summed E-state index contributed by atoms with van der Waals surface area (Å²) in [6, 6.07) is 17.2. The standard InChI is InChI=1S/C21H16ClN3OS2/c1-12-7-8-19(27-12)17-11-15(14-5-3-4-6-16(14)23-17)21(26)25-24-13(2)18-9-10-20(22)28-18/h3-11H,1-2H3,(H,25,26)/b24-13-. The molecule has 3 aromatic heterocycles. The van der Waals surface area contributed by atoms with Crippen LogP contribution in [-0.2, 0) is 0 Å². The minimum absolute atomic E-state index is 0.268. The predicted octanol–water partition coefficient (Wildman–Crippen LogP) is 6.14. The molecule has 4 aromatic rings. The summed E-state index contributed by atoms with van der Waals surface area (Å²) in [7, 11) is 0. The third kappa shape index (κ3) is 3.85. The van der Waals surface area contributed by atoms with Gasteiger partial charge in [-0.25, -0.2) is 10.4 Å². The minimum Gasteiger partial charge on any atom is -0.267 e. The number of carbonyl (C=O) groups excluding carboxylic acids is 1. The smallest absolute Gasteiger partial charge is 0.267 e. The number of hydrogen-bond donors (Lipinski definition) is 1. The lowest BCUT2D eigenvalue weighted by Gasteiger charge is -2.08. The van der Waals surface area contributed by atoms with Gasteiger partial charge in [-0.15, -0.1) is 22.7 Å². The van der Waals surface area contributed by atoms with E-state index in [-0.39, 0.29) is 5.91 Å². The number of aryl methyl sites for hydroxylation is 1. The van der Waals surface area contributed by atoms with E-state index in [0.717, 1.165) is 26.4 Å². The highest BCUT2D eigenvalue weighted by molar-refractivity contribution is 7.18. The van der Waals surface area contributed by atoms with E-state index < -0.39 is 0 Å². The molecule has 0 radical (unpaired) electrons. The fourth-order valence-corrected chi connectivity index (χ4v) is 4.64. The quantitative estimate of drug-likeness (QED) is 0.315. The molecule has 4 nitrogen and oxygen atoms in total. The summed E-state index contributed by atoms with van der Waals surface area (Å²) in [5.41, 5.74) is 5.49. The first-order valence-electron chi connectivity index (χ1n) is 8.58. The molecule has 0 unspecified atom stereocenters. The van der Waals surface area contributed by atoms with Crippen LogP contribution in [0.1, 0.15) is 27.0 Å². The number of nitrogens with one attached hydrogen (secondary N) is 1. The van der Waals surface area contributed by atoms with E-state index in [1.807, 2.05) is 55.5 Å². The van der Waals surface area contributed by atoms with Gasteiger partial charge in [0.1, 0.15) is 0 Å². The molecule has 0 bridgehead atoms. The molecule has 0 fully saturated rings. The number of aromatic nitrogens is 1. The zero-order chi connectivity index (χ0) is 19.7. The molecule has 28 heavy (non-hydrogen) atoms. The van der Waals surface area contributed by atoms with E-state index in [0.29, 0.717) is 15.6 Å². The predicted molar refractivity (Wildman–Crippen MR) is 119 cm³/mol. The van der Waals surface area contributed by atoms with Gasteiger partial charge in [0.25, 0.3) is 5.91 Å². The number of carbonyl (C=O) groups is 1. The van der Waals surface area contributed by atoms with Gasteiger partial charge in [-0.3, -0.25) is 4.79 Å². The Hall–Kier alpha value is -2.54. The molecule has 1 aromatic carbocycles. The number of thiophene rings is 2. The van der Waals surface area contributed by atoms with Crippen LogP contribution in [0.4, 0.5) is 0 Å². The molecule has 0 atom stereocenters. The van der Waals surface area contributed by atoms with Crippen molar-refractivity contribution in [2.24, 2.45) is 5.10 Å². The first-order chi connectivity index (χ1) is 13.5. The van der Waals surface area contributed by atoms with Crippen LogP contribution in [0.3, 0.4) is 0 Å². The first kappa shape index (κ1) is 18.8. The third-order valence-corrected chi connectivity index (χ3v) is 6.57. The zero-order valence-electron chi connectivity index (χ0n) is 15.2. The second-order valence-corrected chi connectivity index (χ2v) is 9.23. The van der Waals surface area contributed by atoms with Gasteiger partial charge in [0.05, 0.1) is 36.6 Å². The van der Waals surface area contributed by atoms with Crippen LogP contribution in [0.25, 0.3) is 21.5 Å². The molecule has 3 heterocycles. The van der Waals surface area contributed by atoms with Crippen LogP contribution in [0, 0.1) is 6.92 Å². The normalized spacial score (nSPS) is 11.8. The Morgan fingerprint density at radius 2 is 1.93 bits per heavy atom. The van der Waals surface area contributed by atoms with Crippen LogP contribution in [0.15, 0.2) is 59.7 Å². The van der Waals surface area contributed by atoms with Crippen molar-refractivity contribution in [3.8, 4) is 10.6 Å². The van der Waals surface area contributed by atoms with Crippen molar-refractivity contribution in [1.82, 2.24) is 10.4 Å². The van der Waals surface area contributed by atoms with Gasteiger partial charge in [0, 0.05) is 10.3 Å². The van der Waals surface area contributed by atoms with E-state index in [1.54, 1.807) is 11.3 Å². The summed E-state index contributed by atoms with van der Waals surface area (Å²) in [6.07, 6.45) is 0. The number of pyridine rings is 1. The molecule has 0 aliphatic heterocycles. The highest BCUT2D eigenvalue weighted by Gasteiger charge is 2.15. The van der Waals surface area contributed by atoms with Gasteiger partial charge in [-0.1, -0.05) is 29.8 Å². The molecule has 0 saturated carbocycles. The Labute approximate surface area is 175 Å². The molecule has 140 valence electrons. The zero-order valence-corrected chi connectivity index (χ0v) is 17.6. The van der Waals surface area contributed by atoms with E-state index >= 15 is 0 Å².